The summed E-state index contributed by atoms with van der Waals surface area (Å²) < 4.78 is 16.7. The van der Waals surface area contributed by atoms with Crippen molar-refractivity contribution in [2.24, 2.45) is 5.92 Å². The van der Waals surface area contributed by atoms with Crippen LogP contribution in [0.4, 0.5) is 0 Å². The van der Waals surface area contributed by atoms with Crippen LogP contribution in [0.5, 0.6) is 11.5 Å². The van der Waals surface area contributed by atoms with Gasteiger partial charge in [0.1, 0.15) is 13.2 Å². The SMILES string of the molecule is c1cc(CNCCC2CCOC2)c2c(c1)OCCO2. The molecule has 3 rings (SSSR count). The molecular formula is C15H21NO3. The Morgan fingerprint density at radius 3 is 3.00 bits per heavy atom. The van der Waals surface area contributed by atoms with Crippen LogP contribution in [0.3, 0.4) is 0 Å². The molecule has 2 aliphatic rings. The van der Waals surface area contributed by atoms with Crippen LogP contribution in [0.2, 0.25) is 0 Å². The van der Waals surface area contributed by atoms with Crippen LogP contribution < -0.4 is 14.8 Å². The topological polar surface area (TPSA) is 39.7 Å². The van der Waals surface area contributed by atoms with Crippen LogP contribution >= 0.6 is 0 Å². The molecule has 1 fully saturated rings. The van der Waals surface area contributed by atoms with E-state index in [0.29, 0.717) is 13.2 Å². The third kappa shape index (κ3) is 3.19. The Morgan fingerprint density at radius 1 is 1.16 bits per heavy atom. The van der Waals surface area contributed by atoms with E-state index >= 15 is 0 Å². The Labute approximate surface area is 114 Å². The quantitative estimate of drug-likeness (QED) is 0.825. The maximum atomic E-state index is 5.70. The smallest absolute Gasteiger partial charge is 0.165 e. The van der Waals surface area contributed by atoms with Gasteiger partial charge in [-0.05, 0) is 31.4 Å². The molecule has 0 radical (unpaired) electrons. The van der Waals surface area contributed by atoms with Crippen LogP contribution in [-0.2, 0) is 11.3 Å². The Balaban J connectivity index is 1.49. The fraction of sp³-hybridized carbons (Fsp3) is 0.600. The molecule has 0 spiro atoms. The molecule has 4 heteroatoms. The van der Waals surface area contributed by atoms with Crippen LogP contribution in [0.25, 0.3) is 0 Å². The Kier molecular flexibility index (Phi) is 4.20. The van der Waals surface area contributed by atoms with E-state index in [-0.39, 0.29) is 0 Å². The number of hydrogen-bond donors (Lipinski definition) is 1. The number of nitrogens with one attached hydrogen (secondary N) is 1. The van der Waals surface area contributed by atoms with Crippen molar-refractivity contribution in [3.8, 4) is 11.5 Å². The fourth-order valence-electron chi connectivity index (χ4n) is 2.61. The highest BCUT2D eigenvalue weighted by molar-refractivity contribution is 5.47. The van der Waals surface area contributed by atoms with E-state index in [1.165, 1.54) is 18.4 Å². The molecule has 1 saturated heterocycles. The summed E-state index contributed by atoms with van der Waals surface area (Å²) in [6.07, 6.45) is 2.39. The van der Waals surface area contributed by atoms with E-state index in [4.69, 9.17) is 14.2 Å². The van der Waals surface area contributed by atoms with Gasteiger partial charge in [-0.3, -0.25) is 0 Å². The highest BCUT2D eigenvalue weighted by Crippen LogP contribution is 2.33. The summed E-state index contributed by atoms with van der Waals surface area (Å²) in [4.78, 5) is 0. The summed E-state index contributed by atoms with van der Waals surface area (Å²) >= 11 is 0. The lowest BCUT2D eigenvalue weighted by atomic mass is 10.1. The first-order valence-electron chi connectivity index (χ1n) is 7.09. The minimum atomic E-state index is 0.642. The molecule has 0 aliphatic carbocycles. The van der Waals surface area contributed by atoms with E-state index in [0.717, 1.165) is 43.7 Å². The number of rotatable bonds is 5. The summed E-state index contributed by atoms with van der Waals surface area (Å²) in [6.45, 7) is 5.01. The molecule has 1 aromatic rings. The molecule has 2 heterocycles. The molecule has 0 bridgehead atoms. The number of ether oxygens (including phenoxy) is 3. The molecule has 0 amide bonds. The predicted octanol–water partition coefficient (Wildman–Crippen LogP) is 1.97. The van der Waals surface area contributed by atoms with Gasteiger partial charge in [0.15, 0.2) is 11.5 Å². The van der Waals surface area contributed by atoms with Crippen molar-refractivity contribution in [3.05, 3.63) is 23.8 Å². The van der Waals surface area contributed by atoms with Gasteiger partial charge in [-0.1, -0.05) is 12.1 Å². The second-order valence-corrected chi connectivity index (χ2v) is 5.14. The van der Waals surface area contributed by atoms with Crippen molar-refractivity contribution in [2.45, 2.75) is 19.4 Å². The van der Waals surface area contributed by atoms with Gasteiger partial charge in [-0.15, -0.1) is 0 Å². The van der Waals surface area contributed by atoms with Gasteiger partial charge in [0.25, 0.3) is 0 Å². The molecule has 0 saturated carbocycles. The van der Waals surface area contributed by atoms with Crippen LogP contribution in [0, 0.1) is 5.92 Å². The summed E-state index contributed by atoms with van der Waals surface area (Å²) in [5.74, 6) is 2.51. The largest absolute Gasteiger partial charge is 0.486 e. The van der Waals surface area contributed by atoms with Gasteiger partial charge < -0.3 is 19.5 Å². The standard InChI is InChI=1S/C15H21NO3/c1-2-13(15-14(3-1)18-8-9-19-15)10-16-6-4-12-5-7-17-11-12/h1-3,12,16H,4-11H2. The first kappa shape index (κ1) is 12.8. The molecule has 1 unspecified atom stereocenters. The van der Waals surface area contributed by atoms with Crippen LogP contribution in [0.15, 0.2) is 18.2 Å². The molecule has 19 heavy (non-hydrogen) atoms. The van der Waals surface area contributed by atoms with Crippen molar-refractivity contribution in [2.75, 3.05) is 33.0 Å². The van der Waals surface area contributed by atoms with Gasteiger partial charge in [0.05, 0.1) is 0 Å². The number of para-hydroxylation sites is 1. The Morgan fingerprint density at radius 2 is 2.11 bits per heavy atom. The second kappa shape index (κ2) is 6.26. The number of benzene rings is 1. The molecular weight excluding hydrogens is 242 g/mol. The van der Waals surface area contributed by atoms with E-state index in [1.807, 2.05) is 12.1 Å². The van der Waals surface area contributed by atoms with Crippen molar-refractivity contribution >= 4 is 0 Å². The predicted molar refractivity (Wildman–Crippen MR) is 72.7 cm³/mol. The lowest BCUT2D eigenvalue weighted by molar-refractivity contribution is 0.169. The first-order valence-corrected chi connectivity index (χ1v) is 7.09. The minimum absolute atomic E-state index is 0.642. The van der Waals surface area contributed by atoms with Crippen molar-refractivity contribution < 1.29 is 14.2 Å². The van der Waals surface area contributed by atoms with Gasteiger partial charge in [-0.2, -0.15) is 0 Å². The van der Waals surface area contributed by atoms with Gasteiger partial charge >= 0.3 is 0 Å². The average molecular weight is 263 g/mol. The summed E-state index contributed by atoms with van der Waals surface area (Å²) in [7, 11) is 0. The Bertz CT molecular complexity index is 416. The van der Waals surface area contributed by atoms with Crippen molar-refractivity contribution in [3.63, 3.8) is 0 Å². The summed E-state index contributed by atoms with van der Waals surface area (Å²) in [5.41, 5.74) is 1.18. The van der Waals surface area contributed by atoms with E-state index in [2.05, 4.69) is 11.4 Å². The summed E-state index contributed by atoms with van der Waals surface area (Å²) in [6, 6.07) is 6.09. The first-order chi connectivity index (χ1) is 9.43. The lowest BCUT2D eigenvalue weighted by Crippen LogP contribution is -2.21. The fourth-order valence-corrected chi connectivity index (χ4v) is 2.61. The molecule has 1 aromatic carbocycles. The zero-order chi connectivity index (χ0) is 12.9. The third-order valence-electron chi connectivity index (χ3n) is 3.72. The van der Waals surface area contributed by atoms with Crippen molar-refractivity contribution in [1.29, 1.82) is 0 Å². The monoisotopic (exact) mass is 263 g/mol. The second-order valence-electron chi connectivity index (χ2n) is 5.14. The highest BCUT2D eigenvalue weighted by Gasteiger charge is 2.16. The zero-order valence-electron chi connectivity index (χ0n) is 11.2. The lowest BCUT2D eigenvalue weighted by Gasteiger charge is -2.21. The average Bonchev–Trinajstić information content (AvgIpc) is 2.97. The normalized spacial score (nSPS) is 21.6. The molecule has 104 valence electrons. The van der Waals surface area contributed by atoms with Crippen molar-refractivity contribution in [1.82, 2.24) is 5.32 Å². The maximum absolute atomic E-state index is 5.70. The molecule has 1 atom stereocenters. The van der Waals surface area contributed by atoms with E-state index < -0.39 is 0 Å². The minimum Gasteiger partial charge on any atom is -0.486 e. The summed E-state index contributed by atoms with van der Waals surface area (Å²) in [5, 5.41) is 3.49. The molecule has 1 N–H and O–H groups in total. The third-order valence-corrected chi connectivity index (χ3v) is 3.72. The van der Waals surface area contributed by atoms with E-state index in [9.17, 15) is 0 Å². The Hall–Kier alpha value is -1.26. The van der Waals surface area contributed by atoms with E-state index in [1.54, 1.807) is 0 Å². The highest BCUT2D eigenvalue weighted by atomic mass is 16.6. The number of hydrogen-bond acceptors (Lipinski definition) is 4. The van der Waals surface area contributed by atoms with Gasteiger partial charge in [0, 0.05) is 25.3 Å². The number of fused-ring (bicyclic) bond motifs is 1. The van der Waals surface area contributed by atoms with Crippen LogP contribution in [0.1, 0.15) is 18.4 Å². The maximum Gasteiger partial charge on any atom is 0.165 e. The van der Waals surface area contributed by atoms with Crippen LogP contribution in [-0.4, -0.2) is 33.0 Å². The molecule has 0 aromatic heterocycles. The van der Waals surface area contributed by atoms with Gasteiger partial charge in [0.2, 0.25) is 0 Å². The molecule has 2 aliphatic heterocycles. The van der Waals surface area contributed by atoms with Gasteiger partial charge in [-0.25, -0.2) is 0 Å². The molecule has 4 nitrogen and oxygen atoms in total. The zero-order valence-corrected chi connectivity index (χ0v) is 11.2.